The van der Waals surface area contributed by atoms with Crippen LogP contribution in [0.2, 0.25) is 5.02 Å². The molecule has 0 aromatic heterocycles. The van der Waals surface area contributed by atoms with Crippen LogP contribution in [0.1, 0.15) is 53.7 Å². The third-order valence-corrected chi connectivity index (χ3v) is 5.59. The van der Waals surface area contributed by atoms with Gasteiger partial charge in [0.1, 0.15) is 0 Å². The number of carbonyl (C=O) groups is 2. The number of likely N-dealkylation sites (tertiary alicyclic amines) is 1. The van der Waals surface area contributed by atoms with Gasteiger partial charge < -0.3 is 10.2 Å². The molecule has 0 bridgehead atoms. The van der Waals surface area contributed by atoms with Gasteiger partial charge in [0.25, 0.3) is 5.91 Å². The summed E-state index contributed by atoms with van der Waals surface area (Å²) in [6.45, 7) is 5.20. The number of rotatable bonds is 5. The van der Waals surface area contributed by atoms with Gasteiger partial charge in [-0.3, -0.25) is 9.59 Å². The largest absolute Gasteiger partial charge is 0.349 e. The molecule has 2 atom stereocenters. The Balaban J connectivity index is 1.65. The van der Waals surface area contributed by atoms with Gasteiger partial charge in [0.2, 0.25) is 5.91 Å². The van der Waals surface area contributed by atoms with Crippen LogP contribution in [0.3, 0.4) is 0 Å². The molecule has 1 aliphatic heterocycles. The molecule has 1 heterocycles. The maximum absolute atomic E-state index is 12.9. The Morgan fingerprint density at radius 3 is 2.64 bits per heavy atom. The first-order chi connectivity index (χ1) is 13.5. The number of nitrogens with zero attached hydrogens (tertiary/aromatic N) is 1. The third kappa shape index (κ3) is 4.93. The SMILES string of the molecule is CCC(NC(=O)C1CCCN(C(=O)c2ccc(C)cc2)C1)c1cccc(Cl)c1. The molecule has 0 radical (unpaired) electrons. The molecule has 0 spiro atoms. The minimum atomic E-state index is -0.184. The summed E-state index contributed by atoms with van der Waals surface area (Å²) in [6.07, 6.45) is 2.42. The van der Waals surface area contributed by atoms with E-state index in [4.69, 9.17) is 11.6 Å². The van der Waals surface area contributed by atoms with E-state index in [-0.39, 0.29) is 23.8 Å². The van der Waals surface area contributed by atoms with Crippen LogP contribution in [-0.4, -0.2) is 29.8 Å². The first-order valence-electron chi connectivity index (χ1n) is 9.89. The molecule has 148 valence electrons. The summed E-state index contributed by atoms with van der Waals surface area (Å²) in [5, 5.41) is 3.82. The van der Waals surface area contributed by atoms with Crippen LogP contribution in [0.5, 0.6) is 0 Å². The van der Waals surface area contributed by atoms with Crippen molar-refractivity contribution in [3.8, 4) is 0 Å². The van der Waals surface area contributed by atoms with Gasteiger partial charge in [-0.15, -0.1) is 0 Å². The van der Waals surface area contributed by atoms with E-state index in [9.17, 15) is 9.59 Å². The quantitative estimate of drug-likeness (QED) is 0.788. The normalized spacial score (nSPS) is 17.8. The first-order valence-corrected chi connectivity index (χ1v) is 10.3. The van der Waals surface area contributed by atoms with Crippen molar-refractivity contribution >= 4 is 23.4 Å². The van der Waals surface area contributed by atoms with Crippen molar-refractivity contribution in [1.82, 2.24) is 10.2 Å². The molecule has 5 heteroatoms. The highest BCUT2D eigenvalue weighted by Gasteiger charge is 2.30. The molecule has 1 aliphatic rings. The van der Waals surface area contributed by atoms with E-state index in [0.717, 1.165) is 30.4 Å². The first kappa shape index (κ1) is 20.4. The monoisotopic (exact) mass is 398 g/mol. The van der Waals surface area contributed by atoms with Gasteiger partial charge in [-0.2, -0.15) is 0 Å². The average Bonchev–Trinajstić information content (AvgIpc) is 2.72. The number of hydrogen-bond donors (Lipinski definition) is 1. The molecule has 28 heavy (non-hydrogen) atoms. The van der Waals surface area contributed by atoms with Gasteiger partial charge in [-0.1, -0.05) is 48.4 Å². The molecule has 1 saturated heterocycles. The van der Waals surface area contributed by atoms with Crippen molar-refractivity contribution in [2.45, 2.75) is 39.2 Å². The fourth-order valence-corrected chi connectivity index (χ4v) is 3.89. The molecular formula is C23H27ClN2O2. The van der Waals surface area contributed by atoms with Gasteiger partial charge in [0.05, 0.1) is 12.0 Å². The third-order valence-electron chi connectivity index (χ3n) is 5.35. The number of piperidine rings is 1. The lowest BCUT2D eigenvalue weighted by molar-refractivity contribution is -0.127. The zero-order valence-corrected chi connectivity index (χ0v) is 17.2. The molecule has 2 amide bonds. The van der Waals surface area contributed by atoms with E-state index >= 15 is 0 Å². The van der Waals surface area contributed by atoms with Crippen LogP contribution in [-0.2, 0) is 4.79 Å². The Morgan fingerprint density at radius 2 is 1.96 bits per heavy atom. The number of aryl methyl sites for hydroxylation is 1. The van der Waals surface area contributed by atoms with E-state index in [2.05, 4.69) is 5.32 Å². The highest BCUT2D eigenvalue weighted by molar-refractivity contribution is 6.30. The van der Waals surface area contributed by atoms with E-state index in [1.807, 2.05) is 62.4 Å². The number of halogens is 1. The molecule has 0 aliphatic carbocycles. The molecule has 3 rings (SSSR count). The van der Waals surface area contributed by atoms with E-state index in [1.54, 1.807) is 4.90 Å². The number of nitrogens with one attached hydrogen (secondary N) is 1. The molecule has 1 fully saturated rings. The number of benzene rings is 2. The van der Waals surface area contributed by atoms with E-state index < -0.39 is 0 Å². The molecule has 2 aromatic carbocycles. The van der Waals surface area contributed by atoms with Crippen LogP contribution in [0.15, 0.2) is 48.5 Å². The van der Waals surface area contributed by atoms with Crippen molar-refractivity contribution in [2.75, 3.05) is 13.1 Å². The highest BCUT2D eigenvalue weighted by Crippen LogP contribution is 2.23. The predicted molar refractivity (Wildman–Crippen MR) is 112 cm³/mol. The topological polar surface area (TPSA) is 49.4 Å². The Kier molecular flexibility index (Phi) is 6.74. The Labute approximate surface area is 171 Å². The summed E-state index contributed by atoms with van der Waals surface area (Å²) < 4.78 is 0. The summed E-state index contributed by atoms with van der Waals surface area (Å²) in [7, 11) is 0. The highest BCUT2D eigenvalue weighted by atomic mass is 35.5. The van der Waals surface area contributed by atoms with Crippen LogP contribution in [0, 0.1) is 12.8 Å². The summed E-state index contributed by atoms with van der Waals surface area (Å²) in [6, 6.07) is 15.1. The van der Waals surface area contributed by atoms with Gasteiger partial charge in [0.15, 0.2) is 0 Å². The molecule has 2 aromatic rings. The zero-order chi connectivity index (χ0) is 20.1. The lowest BCUT2D eigenvalue weighted by Crippen LogP contribution is -2.46. The number of amides is 2. The van der Waals surface area contributed by atoms with Crippen LogP contribution < -0.4 is 5.32 Å². The minimum Gasteiger partial charge on any atom is -0.349 e. The minimum absolute atomic E-state index is 0.000572. The molecule has 4 nitrogen and oxygen atoms in total. The van der Waals surface area contributed by atoms with Crippen LogP contribution in [0.25, 0.3) is 0 Å². The lowest BCUT2D eigenvalue weighted by Gasteiger charge is -2.33. The molecule has 2 unspecified atom stereocenters. The van der Waals surface area contributed by atoms with Gasteiger partial charge in [-0.25, -0.2) is 0 Å². The average molecular weight is 399 g/mol. The fourth-order valence-electron chi connectivity index (χ4n) is 3.69. The Bertz CT molecular complexity index is 835. The fraction of sp³-hybridized carbons (Fsp3) is 0.391. The van der Waals surface area contributed by atoms with Gasteiger partial charge in [0, 0.05) is 23.7 Å². The second-order valence-electron chi connectivity index (χ2n) is 7.48. The summed E-state index contributed by atoms with van der Waals surface area (Å²) in [5.41, 5.74) is 2.81. The summed E-state index contributed by atoms with van der Waals surface area (Å²) in [5.74, 6) is -0.177. The smallest absolute Gasteiger partial charge is 0.253 e. The molecule has 1 N–H and O–H groups in total. The number of carbonyl (C=O) groups excluding carboxylic acids is 2. The van der Waals surface area contributed by atoms with Crippen LogP contribution in [0.4, 0.5) is 0 Å². The van der Waals surface area contributed by atoms with Crippen molar-refractivity contribution in [1.29, 1.82) is 0 Å². The predicted octanol–water partition coefficient (Wildman–Crippen LogP) is 4.77. The van der Waals surface area contributed by atoms with Crippen molar-refractivity contribution < 1.29 is 9.59 Å². The lowest BCUT2D eigenvalue weighted by atomic mass is 9.95. The van der Waals surface area contributed by atoms with Crippen LogP contribution >= 0.6 is 11.6 Å². The Hall–Kier alpha value is -2.33. The maximum atomic E-state index is 12.9. The van der Waals surface area contributed by atoms with Crippen molar-refractivity contribution in [2.24, 2.45) is 5.92 Å². The second kappa shape index (κ2) is 9.24. The van der Waals surface area contributed by atoms with Gasteiger partial charge >= 0.3 is 0 Å². The zero-order valence-electron chi connectivity index (χ0n) is 16.5. The van der Waals surface area contributed by atoms with Gasteiger partial charge in [-0.05, 0) is 56.0 Å². The van der Waals surface area contributed by atoms with E-state index in [0.29, 0.717) is 23.7 Å². The van der Waals surface area contributed by atoms with Crippen molar-refractivity contribution in [3.05, 3.63) is 70.2 Å². The summed E-state index contributed by atoms with van der Waals surface area (Å²) >= 11 is 6.10. The molecular weight excluding hydrogens is 372 g/mol. The summed E-state index contributed by atoms with van der Waals surface area (Å²) in [4.78, 5) is 27.5. The number of hydrogen-bond acceptors (Lipinski definition) is 2. The Morgan fingerprint density at radius 1 is 1.21 bits per heavy atom. The standard InChI is InChI=1S/C23H27ClN2O2/c1-3-21(18-6-4-8-20(24)14-18)25-22(27)19-7-5-13-26(15-19)23(28)17-11-9-16(2)10-12-17/h4,6,8-12,14,19,21H,3,5,7,13,15H2,1-2H3,(H,25,27). The van der Waals surface area contributed by atoms with E-state index in [1.165, 1.54) is 0 Å². The molecule has 0 saturated carbocycles. The maximum Gasteiger partial charge on any atom is 0.253 e. The second-order valence-corrected chi connectivity index (χ2v) is 7.92. The van der Waals surface area contributed by atoms with Crippen molar-refractivity contribution in [3.63, 3.8) is 0 Å².